The van der Waals surface area contributed by atoms with E-state index in [-0.39, 0.29) is 17.7 Å². The number of nitrogens with zero attached hydrogens (tertiary/aromatic N) is 3. The Hall–Kier alpha value is -2.82. The van der Waals surface area contributed by atoms with Gasteiger partial charge in [0.25, 0.3) is 0 Å². The Kier molecular flexibility index (Phi) is 4.96. The number of benzene rings is 1. The van der Waals surface area contributed by atoms with Gasteiger partial charge in [0, 0.05) is 12.0 Å². The zero-order chi connectivity index (χ0) is 20.7. The van der Waals surface area contributed by atoms with Gasteiger partial charge in [-0.15, -0.1) is 0 Å². The smallest absolute Gasteiger partial charge is 0.303 e. The lowest BCUT2D eigenvalue weighted by Crippen LogP contribution is -2.33. The molecule has 0 radical (unpaired) electrons. The zero-order valence-corrected chi connectivity index (χ0v) is 15.8. The van der Waals surface area contributed by atoms with Gasteiger partial charge in [-0.3, -0.25) is 4.79 Å². The van der Waals surface area contributed by atoms with Gasteiger partial charge in [-0.2, -0.15) is 23.5 Å². The van der Waals surface area contributed by atoms with Gasteiger partial charge in [-0.1, -0.05) is 12.1 Å². The topological polar surface area (TPSA) is 70.7 Å². The summed E-state index contributed by atoms with van der Waals surface area (Å²) in [4.78, 5) is 11.4. The van der Waals surface area contributed by atoms with E-state index in [2.05, 4.69) is 11.2 Å². The van der Waals surface area contributed by atoms with Crippen LogP contribution in [-0.4, -0.2) is 21.9 Å². The molecule has 1 aliphatic carbocycles. The summed E-state index contributed by atoms with van der Waals surface area (Å²) in [7, 11) is 0. The lowest BCUT2D eigenvalue weighted by atomic mass is 9.70. The molecule has 0 unspecified atom stereocenters. The molecule has 8 heteroatoms. The molecule has 1 heterocycles. The van der Waals surface area contributed by atoms with Crippen molar-refractivity contribution in [1.82, 2.24) is 9.78 Å². The number of carbonyl (C=O) groups is 1. The predicted molar refractivity (Wildman–Crippen MR) is 97.8 cm³/mol. The third kappa shape index (κ3) is 4.03. The van der Waals surface area contributed by atoms with E-state index in [9.17, 15) is 18.0 Å². The minimum absolute atomic E-state index is 0.0414. The molecule has 3 rings (SSSR count). The third-order valence-corrected chi connectivity index (χ3v) is 4.91. The van der Waals surface area contributed by atoms with Crippen molar-refractivity contribution in [3.63, 3.8) is 0 Å². The van der Waals surface area contributed by atoms with Crippen molar-refractivity contribution in [2.75, 3.05) is 5.32 Å². The number of nitrogens with one attached hydrogen (secondary N) is 1. The molecular formula is C20H21F3N4O. The fourth-order valence-electron chi connectivity index (χ4n) is 3.38. The molecule has 1 fully saturated rings. The Bertz CT molecular complexity index is 928. The minimum atomic E-state index is -4.96. The Morgan fingerprint density at radius 3 is 2.46 bits per heavy atom. The monoisotopic (exact) mass is 390 g/mol. The summed E-state index contributed by atoms with van der Waals surface area (Å²) in [6.45, 7) is 5.43. The van der Waals surface area contributed by atoms with Crippen molar-refractivity contribution < 1.29 is 18.0 Å². The summed E-state index contributed by atoms with van der Waals surface area (Å²) >= 11 is 0. The van der Waals surface area contributed by atoms with E-state index in [4.69, 9.17) is 5.26 Å². The van der Waals surface area contributed by atoms with Crippen LogP contribution >= 0.6 is 0 Å². The average molecular weight is 390 g/mol. The molecule has 1 aromatic heterocycles. The molecule has 2 aromatic rings. The maximum absolute atomic E-state index is 12.6. The molecule has 148 valence electrons. The van der Waals surface area contributed by atoms with Gasteiger partial charge in [-0.25, -0.2) is 4.68 Å². The van der Waals surface area contributed by atoms with E-state index >= 15 is 0 Å². The molecule has 1 saturated carbocycles. The number of carbonyl (C=O) groups excluding carboxylic acids is 1. The second-order valence-electron chi connectivity index (χ2n) is 8.09. The van der Waals surface area contributed by atoms with Crippen LogP contribution in [0.5, 0.6) is 0 Å². The lowest BCUT2D eigenvalue weighted by molar-refractivity contribution is -0.167. The fraction of sp³-hybridized carbons (Fsp3) is 0.450. The zero-order valence-electron chi connectivity index (χ0n) is 15.8. The van der Waals surface area contributed by atoms with Gasteiger partial charge in [0.2, 0.25) is 0 Å². The Balaban J connectivity index is 1.78. The molecule has 0 spiro atoms. The molecule has 1 aromatic carbocycles. The molecule has 5 nitrogen and oxygen atoms in total. The summed E-state index contributed by atoms with van der Waals surface area (Å²) in [5.41, 5.74) is 1.77. The number of hydrogen-bond donors (Lipinski definition) is 1. The minimum Gasteiger partial charge on any atom is -0.303 e. The van der Waals surface area contributed by atoms with Crippen LogP contribution in [0, 0.1) is 11.3 Å². The molecule has 28 heavy (non-hydrogen) atoms. The van der Waals surface area contributed by atoms with E-state index in [1.54, 1.807) is 6.07 Å². The fourth-order valence-corrected chi connectivity index (χ4v) is 3.38. The van der Waals surface area contributed by atoms with Crippen molar-refractivity contribution in [2.24, 2.45) is 0 Å². The normalized spacial score (nSPS) is 19.6. The van der Waals surface area contributed by atoms with E-state index < -0.39 is 17.6 Å². The number of anilines is 1. The van der Waals surface area contributed by atoms with Gasteiger partial charge >= 0.3 is 12.1 Å². The number of hydrogen-bond acceptors (Lipinski definition) is 3. The predicted octanol–water partition coefficient (Wildman–Crippen LogP) is 4.67. The summed E-state index contributed by atoms with van der Waals surface area (Å²) in [6, 6.07) is 11.1. The SMILES string of the molecule is CC(C)(C)n1nc(C2CC(c3cccc(C#N)c3)C2)cc1NC(=O)C(F)(F)F. The van der Waals surface area contributed by atoms with E-state index in [1.165, 1.54) is 10.7 Å². The Morgan fingerprint density at radius 1 is 1.21 bits per heavy atom. The first-order valence-electron chi connectivity index (χ1n) is 8.97. The maximum atomic E-state index is 12.6. The van der Waals surface area contributed by atoms with E-state index in [0.29, 0.717) is 11.3 Å². The van der Waals surface area contributed by atoms with Gasteiger partial charge in [0.05, 0.1) is 22.9 Å². The molecule has 1 amide bonds. The van der Waals surface area contributed by atoms with Crippen LogP contribution in [-0.2, 0) is 10.3 Å². The molecule has 0 atom stereocenters. The first kappa shape index (κ1) is 19.9. The van der Waals surface area contributed by atoms with Crippen LogP contribution < -0.4 is 5.32 Å². The van der Waals surface area contributed by atoms with Crippen molar-refractivity contribution in [2.45, 2.75) is 57.2 Å². The number of rotatable bonds is 3. The van der Waals surface area contributed by atoms with Gasteiger partial charge in [0.1, 0.15) is 5.82 Å². The summed E-state index contributed by atoms with van der Waals surface area (Å²) < 4.78 is 39.4. The first-order chi connectivity index (χ1) is 13.0. The quantitative estimate of drug-likeness (QED) is 0.828. The molecule has 0 bridgehead atoms. The summed E-state index contributed by atoms with van der Waals surface area (Å²) in [5, 5.41) is 15.4. The lowest BCUT2D eigenvalue weighted by Gasteiger charge is -2.34. The Morgan fingerprint density at radius 2 is 1.89 bits per heavy atom. The average Bonchev–Trinajstić information content (AvgIpc) is 2.96. The van der Waals surface area contributed by atoms with Crippen LogP contribution in [0.1, 0.15) is 62.3 Å². The molecule has 1 N–H and O–H groups in total. The van der Waals surface area contributed by atoms with E-state index in [1.807, 2.05) is 44.3 Å². The highest BCUT2D eigenvalue weighted by Crippen LogP contribution is 2.48. The number of halogens is 3. The van der Waals surface area contributed by atoms with Crippen molar-refractivity contribution in [3.05, 3.63) is 47.2 Å². The largest absolute Gasteiger partial charge is 0.471 e. The number of amides is 1. The van der Waals surface area contributed by atoms with Crippen LogP contribution in [0.25, 0.3) is 0 Å². The van der Waals surface area contributed by atoms with Crippen LogP contribution in [0.4, 0.5) is 19.0 Å². The molecule has 0 saturated heterocycles. The van der Waals surface area contributed by atoms with Crippen molar-refractivity contribution in [1.29, 1.82) is 5.26 Å². The van der Waals surface area contributed by atoms with Crippen molar-refractivity contribution >= 4 is 11.7 Å². The summed E-state index contributed by atoms with van der Waals surface area (Å²) in [5.74, 6) is -1.59. The van der Waals surface area contributed by atoms with Gasteiger partial charge < -0.3 is 5.32 Å². The summed E-state index contributed by atoms with van der Waals surface area (Å²) in [6.07, 6.45) is -3.37. The number of nitriles is 1. The Labute approximate surface area is 161 Å². The van der Waals surface area contributed by atoms with Crippen LogP contribution in [0.2, 0.25) is 0 Å². The van der Waals surface area contributed by atoms with Crippen LogP contribution in [0.3, 0.4) is 0 Å². The molecule has 0 aliphatic heterocycles. The second kappa shape index (κ2) is 6.97. The third-order valence-electron chi connectivity index (χ3n) is 4.91. The standard InChI is InChI=1S/C20H21F3N4O/c1-19(2,3)27-17(25-18(28)20(21,22)23)10-16(26-27)15-8-14(9-15)13-6-4-5-12(7-13)11-24/h4-7,10,14-15H,8-9H2,1-3H3,(H,25,28). The maximum Gasteiger partial charge on any atom is 0.471 e. The highest BCUT2D eigenvalue weighted by Gasteiger charge is 2.40. The van der Waals surface area contributed by atoms with Gasteiger partial charge in [-0.05, 0) is 57.2 Å². The molecule has 1 aliphatic rings. The second-order valence-corrected chi connectivity index (χ2v) is 8.09. The van der Waals surface area contributed by atoms with Crippen molar-refractivity contribution in [3.8, 4) is 6.07 Å². The van der Waals surface area contributed by atoms with E-state index in [0.717, 1.165) is 18.4 Å². The highest BCUT2D eigenvalue weighted by atomic mass is 19.4. The van der Waals surface area contributed by atoms with Crippen LogP contribution in [0.15, 0.2) is 30.3 Å². The van der Waals surface area contributed by atoms with Gasteiger partial charge in [0.15, 0.2) is 0 Å². The highest BCUT2D eigenvalue weighted by molar-refractivity contribution is 5.94. The first-order valence-corrected chi connectivity index (χ1v) is 8.97. The number of alkyl halides is 3. The molecular weight excluding hydrogens is 369 g/mol. The number of aromatic nitrogens is 2.